The number of aromatic nitrogens is 2. The van der Waals surface area contributed by atoms with E-state index in [-0.39, 0.29) is 12.4 Å². The number of hydrogen-bond donors (Lipinski definition) is 2. The zero-order chi connectivity index (χ0) is 17.1. The summed E-state index contributed by atoms with van der Waals surface area (Å²) in [4.78, 5) is 9.33. The fraction of sp³-hybridized carbons (Fsp3) is 0.0476. The lowest BCUT2D eigenvalue weighted by molar-refractivity contribution is 1.21. The maximum atomic E-state index is 4.70. The fourth-order valence-corrected chi connectivity index (χ4v) is 2.72. The van der Waals surface area contributed by atoms with Crippen LogP contribution in [0.4, 0.5) is 23.1 Å². The van der Waals surface area contributed by atoms with Crippen LogP contribution in [0.1, 0.15) is 5.56 Å². The molecule has 0 fully saturated rings. The van der Waals surface area contributed by atoms with Gasteiger partial charge in [-0.25, -0.2) is 4.98 Å². The van der Waals surface area contributed by atoms with Crippen LogP contribution in [0.15, 0.2) is 78.9 Å². The number of hydrogen-bond acceptors (Lipinski definition) is 4. The molecule has 0 bridgehead atoms. The van der Waals surface area contributed by atoms with Gasteiger partial charge in [-0.1, -0.05) is 48.5 Å². The summed E-state index contributed by atoms with van der Waals surface area (Å²) in [5.41, 5.74) is 4.06. The van der Waals surface area contributed by atoms with E-state index in [1.165, 1.54) is 5.56 Å². The standard InChI is InChI=1S/C21H18N4.ClH/c1-15-9-5-7-13-18(15)23-20-17-12-6-8-14-19(17)24-21(25-20)22-16-10-3-2-4-11-16;/h2-14H,1H3,(H2,22,23,24,25);1H. The third-order valence-electron chi connectivity index (χ3n) is 4.03. The van der Waals surface area contributed by atoms with Gasteiger partial charge in [-0.2, -0.15) is 4.98 Å². The number of nitrogens with zero attached hydrogens (tertiary/aromatic N) is 2. The second-order valence-electron chi connectivity index (χ2n) is 5.84. The molecule has 0 amide bonds. The van der Waals surface area contributed by atoms with Gasteiger partial charge in [0.15, 0.2) is 0 Å². The van der Waals surface area contributed by atoms with Gasteiger partial charge in [-0.05, 0) is 42.8 Å². The first-order valence-electron chi connectivity index (χ1n) is 8.21. The molecule has 5 heteroatoms. The molecule has 4 rings (SSSR count). The Morgan fingerprint density at radius 2 is 1.38 bits per heavy atom. The highest BCUT2D eigenvalue weighted by Crippen LogP contribution is 2.27. The number of rotatable bonds is 4. The Morgan fingerprint density at radius 1 is 0.692 bits per heavy atom. The molecule has 0 unspecified atom stereocenters. The number of halogens is 1. The van der Waals surface area contributed by atoms with E-state index >= 15 is 0 Å². The summed E-state index contributed by atoms with van der Waals surface area (Å²) in [5.74, 6) is 1.36. The molecule has 26 heavy (non-hydrogen) atoms. The zero-order valence-corrected chi connectivity index (χ0v) is 15.1. The average Bonchev–Trinajstić information content (AvgIpc) is 2.64. The molecule has 1 heterocycles. The summed E-state index contributed by atoms with van der Waals surface area (Å²) in [6, 6.07) is 26.1. The molecule has 0 aliphatic rings. The van der Waals surface area contributed by atoms with Crippen molar-refractivity contribution in [3.05, 3.63) is 84.4 Å². The lowest BCUT2D eigenvalue weighted by atomic mass is 10.2. The van der Waals surface area contributed by atoms with Crippen LogP contribution in [0.2, 0.25) is 0 Å². The van der Waals surface area contributed by atoms with E-state index in [4.69, 9.17) is 4.98 Å². The van der Waals surface area contributed by atoms with E-state index < -0.39 is 0 Å². The maximum absolute atomic E-state index is 4.70. The Morgan fingerprint density at radius 3 is 2.19 bits per heavy atom. The van der Waals surface area contributed by atoms with Crippen molar-refractivity contribution < 1.29 is 0 Å². The minimum absolute atomic E-state index is 0. The Hall–Kier alpha value is -3.11. The molecule has 0 spiro atoms. The molecule has 130 valence electrons. The Bertz CT molecular complexity index is 1020. The van der Waals surface area contributed by atoms with Crippen molar-refractivity contribution >= 4 is 46.5 Å². The molecule has 4 nitrogen and oxygen atoms in total. The number of nitrogens with one attached hydrogen (secondary N) is 2. The maximum Gasteiger partial charge on any atom is 0.229 e. The van der Waals surface area contributed by atoms with E-state index in [0.29, 0.717) is 5.95 Å². The largest absolute Gasteiger partial charge is 0.339 e. The van der Waals surface area contributed by atoms with Crippen LogP contribution in [0.5, 0.6) is 0 Å². The molecular formula is C21H19ClN4. The molecular weight excluding hydrogens is 344 g/mol. The highest BCUT2D eigenvalue weighted by Gasteiger charge is 2.09. The number of para-hydroxylation sites is 3. The van der Waals surface area contributed by atoms with Crippen molar-refractivity contribution in [3.63, 3.8) is 0 Å². The number of fused-ring (bicyclic) bond motifs is 1. The smallest absolute Gasteiger partial charge is 0.229 e. The van der Waals surface area contributed by atoms with Crippen LogP contribution in [-0.4, -0.2) is 9.97 Å². The van der Waals surface area contributed by atoms with Gasteiger partial charge in [0.05, 0.1) is 5.52 Å². The second kappa shape index (κ2) is 7.85. The summed E-state index contributed by atoms with van der Waals surface area (Å²) >= 11 is 0. The van der Waals surface area contributed by atoms with Crippen LogP contribution in [0.25, 0.3) is 10.9 Å². The topological polar surface area (TPSA) is 49.8 Å². The van der Waals surface area contributed by atoms with Gasteiger partial charge in [-0.15, -0.1) is 12.4 Å². The summed E-state index contributed by atoms with van der Waals surface area (Å²) < 4.78 is 0. The van der Waals surface area contributed by atoms with Crippen LogP contribution in [0.3, 0.4) is 0 Å². The van der Waals surface area contributed by atoms with E-state index in [2.05, 4.69) is 34.7 Å². The third-order valence-corrected chi connectivity index (χ3v) is 4.03. The van der Waals surface area contributed by atoms with Gasteiger partial charge in [0.2, 0.25) is 5.95 Å². The lowest BCUT2D eigenvalue weighted by Crippen LogP contribution is -2.02. The summed E-state index contributed by atoms with van der Waals surface area (Å²) in [6.07, 6.45) is 0. The van der Waals surface area contributed by atoms with E-state index in [0.717, 1.165) is 28.1 Å². The second-order valence-corrected chi connectivity index (χ2v) is 5.84. The van der Waals surface area contributed by atoms with Gasteiger partial charge in [0.25, 0.3) is 0 Å². The first kappa shape index (κ1) is 17.7. The number of benzene rings is 3. The Labute approximate surface area is 158 Å². The van der Waals surface area contributed by atoms with Crippen molar-refractivity contribution in [2.75, 3.05) is 10.6 Å². The summed E-state index contributed by atoms with van der Waals surface area (Å²) in [6.45, 7) is 2.08. The molecule has 0 aliphatic heterocycles. The molecule has 0 atom stereocenters. The molecule has 0 saturated carbocycles. The number of aryl methyl sites for hydroxylation is 1. The van der Waals surface area contributed by atoms with Gasteiger partial charge in [0.1, 0.15) is 5.82 Å². The first-order chi connectivity index (χ1) is 12.3. The molecule has 3 aromatic carbocycles. The van der Waals surface area contributed by atoms with Crippen molar-refractivity contribution in [1.82, 2.24) is 9.97 Å². The normalized spacial score (nSPS) is 10.2. The van der Waals surface area contributed by atoms with Crippen molar-refractivity contribution in [1.29, 1.82) is 0 Å². The lowest BCUT2D eigenvalue weighted by Gasteiger charge is -2.13. The summed E-state index contributed by atoms with van der Waals surface area (Å²) in [7, 11) is 0. The quantitative estimate of drug-likeness (QED) is 0.478. The van der Waals surface area contributed by atoms with Crippen molar-refractivity contribution in [2.45, 2.75) is 6.92 Å². The highest BCUT2D eigenvalue weighted by molar-refractivity contribution is 5.92. The first-order valence-corrected chi connectivity index (χ1v) is 8.21. The minimum Gasteiger partial charge on any atom is -0.339 e. The van der Waals surface area contributed by atoms with E-state index in [9.17, 15) is 0 Å². The van der Waals surface area contributed by atoms with Crippen LogP contribution in [-0.2, 0) is 0 Å². The number of anilines is 4. The van der Waals surface area contributed by atoms with E-state index in [1.807, 2.05) is 66.7 Å². The minimum atomic E-state index is 0. The van der Waals surface area contributed by atoms with Crippen molar-refractivity contribution in [3.8, 4) is 0 Å². The molecule has 1 aromatic heterocycles. The molecule has 4 aromatic rings. The fourth-order valence-electron chi connectivity index (χ4n) is 2.72. The van der Waals surface area contributed by atoms with Gasteiger partial charge >= 0.3 is 0 Å². The molecule has 0 saturated heterocycles. The predicted molar refractivity (Wildman–Crippen MR) is 111 cm³/mol. The SMILES string of the molecule is Cc1ccccc1Nc1nc(Nc2ccccc2)nc2ccccc12.Cl. The average molecular weight is 363 g/mol. The van der Waals surface area contributed by atoms with Gasteiger partial charge in [0, 0.05) is 16.8 Å². The summed E-state index contributed by atoms with van der Waals surface area (Å²) in [5, 5.41) is 7.72. The monoisotopic (exact) mass is 362 g/mol. The van der Waals surface area contributed by atoms with Crippen LogP contribution >= 0.6 is 12.4 Å². The van der Waals surface area contributed by atoms with Crippen molar-refractivity contribution in [2.24, 2.45) is 0 Å². The van der Waals surface area contributed by atoms with Gasteiger partial charge < -0.3 is 10.6 Å². The molecule has 0 aliphatic carbocycles. The van der Waals surface area contributed by atoms with Crippen LogP contribution < -0.4 is 10.6 Å². The highest BCUT2D eigenvalue weighted by atomic mass is 35.5. The molecule has 0 radical (unpaired) electrons. The molecule has 2 N–H and O–H groups in total. The third kappa shape index (κ3) is 3.76. The van der Waals surface area contributed by atoms with E-state index in [1.54, 1.807) is 0 Å². The predicted octanol–water partition coefficient (Wildman–Crippen LogP) is 5.85. The Kier molecular flexibility index (Phi) is 5.34. The van der Waals surface area contributed by atoms with Gasteiger partial charge in [-0.3, -0.25) is 0 Å². The Balaban J connectivity index is 0.00000196. The van der Waals surface area contributed by atoms with Crippen LogP contribution in [0, 0.1) is 6.92 Å². The zero-order valence-electron chi connectivity index (χ0n) is 14.3.